The summed E-state index contributed by atoms with van der Waals surface area (Å²) in [7, 11) is 4.08. The van der Waals surface area contributed by atoms with E-state index in [0.29, 0.717) is 6.54 Å². The van der Waals surface area contributed by atoms with Gasteiger partial charge < -0.3 is 9.64 Å². The molecule has 0 aliphatic carbocycles. The van der Waals surface area contributed by atoms with Crippen LogP contribution in [0.3, 0.4) is 0 Å². The normalized spacial score (nSPS) is 18.5. The van der Waals surface area contributed by atoms with Crippen LogP contribution in [0, 0.1) is 0 Å². The van der Waals surface area contributed by atoms with E-state index < -0.39 is 0 Å². The zero-order chi connectivity index (χ0) is 20.9. The maximum atomic E-state index is 6.23. The second-order valence-corrected chi connectivity index (χ2v) is 8.27. The molecule has 1 fully saturated rings. The van der Waals surface area contributed by atoms with E-state index in [-0.39, 0.29) is 12.3 Å². The highest BCUT2D eigenvalue weighted by Gasteiger charge is 2.26. The second kappa shape index (κ2) is 9.42. The molecule has 0 amide bonds. The number of nitrogens with zero attached hydrogens (tertiary/aromatic N) is 5. The number of anilines is 1. The summed E-state index contributed by atoms with van der Waals surface area (Å²) in [5.74, 6) is 1.62. The van der Waals surface area contributed by atoms with E-state index in [1.165, 1.54) is 5.69 Å². The number of thioether (sulfide) groups is 1. The number of rotatable bonds is 8. The van der Waals surface area contributed by atoms with Crippen LogP contribution in [0.2, 0.25) is 0 Å². The first-order chi connectivity index (χ1) is 14.7. The summed E-state index contributed by atoms with van der Waals surface area (Å²) in [6.07, 6.45) is 5.41. The molecule has 3 heterocycles. The number of pyridine rings is 1. The first-order valence-electron chi connectivity index (χ1n) is 9.89. The quantitative estimate of drug-likeness (QED) is 0.441. The Morgan fingerprint density at radius 3 is 2.67 bits per heavy atom. The molecule has 30 heavy (non-hydrogen) atoms. The van der Waals surface area contributed by atoms with Gasteiger partial charge >= 0.3 is 0 Å². The Bertz CT molecular complexity index is 973. The molecule has 1 aromatic carbocycles. The van der Waals surface area contributed by atoms with E-state index in [0.717, 1.165) is 34.4 Å². The van der Waals surface area contributed by atoms with Gasteiger partial charge in [0.1, 0.15) is 6.23 Å². The van der Waals surface area contributed by atoms with Crippen molar-refractivity contribution in [2.75, 3.05) is 31.3 Å². The van der Waals surface area contributed by atoms with Gasteiger partial charge in [-0.2, -0.15) is 0 Å². The highest BCUT2D eigenvalue weighted by molar-refractivity contribution is 7.99. The fourth-order valence-electron chi connectivity index (χ4n) is 3.34. The van der Waals surface area contributed by atoms with Crippen LogP contribution in [0.15, 0.2) is 66.6 Å². The lowest BCUT2D eigenvalue weighted by Crippen LogP contribution is -2.17. The lowest BCUT2D eigenvalue weighted by atomic mass is 10.2. The third-order valence-electron chi connectivity index (χ3n) is 4.94. The highest BCUT2D eigenvalue weighted by atomic mass is 32.2. The summed E-state index contributed by atoms with van der Waals surface area (Å²) < 4.78 is 8.31. The maximum Gasteiger partial charge on any atom is 0.191 e. The van der Waals surface area contributed by atoms with Crippen LogP contribution in [0.5, 0.6) is 0 Å². The van der Waals surface area contributed by atoms with Crippen molar-refractivity contribution in [2.24, 2.45) is 0 Å². The zero-order valence-electron chi connectivity index (χ0n) is 17.2. The molecule has 0 spiro atoms. The van der Waals surface area contributed by atoms with Gasteiger partial charge in [0.25, 0.3) is 0 Å². The van der Waals surface area contributed by atoms with E-state index in [1.54, 1.807) is 24.2 Å². The third kappa shape index (κ3) is 4.56. The molecule has 4 rings (SSSR count). The van der Waals surface area contributed by atoms with Crippen molar-refractivity contribution in [1.82, 2.24) is 25.1 Å². The Morgan fingerprint density at radius 2 is 1.97 bits per heavy atom. The van der Waals surface area contributed by atoms with Gasteiger partial charge in [-0.1, -0.05) is 30.0 Å². The van der Waals surface area contributed by atoms with Gasteiger partial charge in [-0.3, -0.25) is 14.9 Å². The van der Waals surface area contributed by atoms with Gasteiger partial charge in [0.05, 0.1) is 6.10 Å². The molecule has 0 radical (unpaired) electrons. The zero-order valence-corrected chi connectivity index (χ0v) is 18.0. The minimum atomic E-state index is -0.0785. The molecular weight excluding hydrogens is 396 g/mol. The SMILES string of the molecule is C=CCn1c(SC[C@H]2CN[C@H](c3ccc(N(C)C)cc3)O2)nnc1-c1ccncc1. The molecule has 1 aliphatic rings. The summed E-state index contributed by atoms with van der Waals surface area (Å²) in [6.45, 7) is 5.33. The van der Waals surface area contributed by atoms with Gasteiger partial charge in [-0.05, 0) is 29.8 Å². The third-order valence-corrected chi connectivity index (χ3v) is 6.04. The molecular formula is C22H26N6OS. The van der Waals surface area contributed by atoms with Gasteiger partial charge in [0, 0.05) is 56.6 Å². The average molecular weight is 423 g/mol. The van der Waals surface area contributed by atoms with Crippen molar-refractivity contribution >= 4 is 17.4 Å². The van der Waals surface area contributed by atoms with Crippen molar-refractivity contribution in [2.45, 2.75) is 24.0 Å². The van der Waals surface area contributed by atoms with E-state index in [2.05, 4.69) is 60.8 Å². The van der Waals surface area contributed by atoms with Crippen LogP contribution in [-0.2, 0) is 11.3 Å². The van der Waals surface area contributed by atoms with Crippen molar-refractivity contribution in [1.29, 1.82) is 0 Å². The number of ether oxygens (including phenoxy) is 1. The lowest BCUT2D eigenvalue weighted by Gasteiger charge is -2.16. The van der Waals surface area contributed by atoms with Crippen LogP contribution >= 0.6 is 11.8 Å². The number of aromatic nitrogens is 4. The minimum Gasteiger partial charge on any atom is -0.378 e. The van der Waals surface area contributed by atoms with E-state index in [9.17, 15) is 0 Å². The largest absolute Gasteiger partial charge is 0.378 e. The molecule has 0 saturated carbocycles. The topological polar surface area (TPSA) is 68.1 Å². The minimum absolute atomic E-state index is 0.0785. The first kappa shape index (κ1) is 20.6. The number of hydrogen-bond acceptors (Lipinski definition) is 7. The molecule has 0 unspecified atom stereocenters. The van der Waals surface area contributed by atoms with Gasteiger partial charge in [-0.15, -0.1) is 16.8 Å². The monoisotopic (exact) mass is 422 g/mol. The van der Waals surface area contributed by atoms with Crippen LogP contribution in [0.4, 0.5) is 5.69 Å². The molecule has 1 aliphatic heterocycles. The molecule has 0 bridgehead atoms. The molecule has 7 nitrogen and oxygen atoms in total. The Hall–Kier alpha value is -2.68. The Balaban J connectivity index is 1.39. The predicted molar refractivity (Wildman–Crippen MR) is 121 cm³/mol. The number of nitrogens with one attached hydrogen (secondary N) is 1. The van der Waals surface area contributed by atoms with Crippen LogP contribution in [0.1, 0.15) is 11.8 Å². The molecule has 156 valence electrons. The van der Waals surface area contributed by atoms with Gasteiger partial charge in [0.2, 0.25) is 0 Å². The molecule has 1 saturated heterocycles. The van der Waals surface area contributed by atoms with Crippen molar-refractivity contribution in [3.63, 3.8) is 0 Å². The predicted octanol–water partition coefficient (Wildman–Crippen LogP) is 3.37. The van der Waals surface area contributed by atoms with Crippen molar-refractivity contribution in [3.8, 4) is 11.4 Å². The number of benzene rings is 1. The van der Waals surface area contributed by atoms with Gasteiger partial charge in [0.15, 0.2) is 11.0 Å². The first-order valence-corrected chi connectivity index (χ1v) is 10.9. The summed E-state index contributed by atoms with van der Waals surface area (Å²) in [6, 6.07) is 12.3. The summed E-state index contributed by atoms with van der Waals surface area (Å²) >= 11 is 1.66. The molecule has 2 atom stereocenters. The van der Waals surface area contributed by atoms with E-state index in [4.69, 9.17) is 4.74 Å². The standard InChI is InChI=1S/C22H26N6OS/c1-4-13-28-20(16-9-11-23-12-10-16)25-26-22(28)30-15-19-14-24-21(29-19)17-5-7-18(8-6-17)27(2)3/h4-12,19,21,24H,1,13-15H2,2-3H3/t19-,21+/m1/s1. The summed E-state index contributed by atoms with van der Waals surface area (Å²) in [4.78, 5) is 6.17. The maximum absolute atomic E-state index is 6.23. The highest BCUT2D eigenvalue weighted by Crippen LogP contribution is 2.28. The average Bonchev–Trinajstić information content (AvgIpc) is 3.40. The molecule has 8 heteroatoms. The Kier molecular flexibility index (Phi) is 6.47. The van der Waals surface area contributed by atoms with E-state index in [1.807, 2.05) is 32.3 Å². The Labute approximate surface area is 181 Å². The fraction of sp³-hybridized carbons (Fsp3) is 0.318. The number of hydrogen-bond donors (Lipinski definition) is 1. The van der Waals surface area contributed by atoms with Crippen LogP contribution in [0.25, 0.3) is 11.4 Å². The second-order valence-electron chi connectivity index (χ2n) is 7.28. The van der Waals surface area contributed by atoms with Crippen LogP contribution < -0.4 is 10.2 Å². The van der Waals surface area contributed by atoms with Crippen molar-refractivity contribution < 1.29 is 4.74 Å². The van der Waals surface area contributed by atoms with Crippen molar-refractivity contribution in [3.05, 3.63) is 67.0 Å². The molecule has 2 aromatic heterocycles. The van der Waals surface area contributed by atoms with Gasteiger partial charge in [-0.25, -0.2) is 0 Å². The molecule has 1 N–H and O–H groups in total. The smallest absolute Gasteiger partial charge is 0.191 e. The summed E-state index contributed by atoms with van der Waals surface area (Å²) in [5.41, 5.74) is 3.31. The molecule has 3 aromatic rings. The summed E-state index contributed by atoms with van der Waals surface area (Å²) in [5, 5.41) is 13.1. The fourth-order valence-corrected chi connectivity index (χ4v) is 4.29. The number of allylic oxidation sites excluding steroid dienone is 1. The van der Waals surface area contributed by atoms with E-state index >= 15 is 0 Å². The Morgan fingerprint density at radius 1 is 1.20 bits per heavy atom. The lowest BCUT2D eigenvalue weighted by molar-refractivity contribution is 0.0534. The van der Waals surface area contributed by atoms with Crippen LogP contribution in [-0.4, -0.2) is 52.2 Å².